The Hall–Kier alpha value is -1.36. The number of rotatable bonds is 5. The Labute approximate surface area is 108 Å². The molecule has 1 aromatic heterocycles. The van der Waals surface area contributed by atoms with E-state index < -0.39 is 0 Å². The summed E-state index contributed by atoms with van der Waals surface area (Å²) in [6.45, 7) is 6.45. The number of nitrogens with one attached hydrogen (secondary N) is 1. The summed E-state index contributed by atoms with van der Waals surface area (Å²) in [5, 5.41) is 3.35. The van der Waals surface area contributed by atoms with Crippen LogP contribution < -0.4 is 10.1 Å². The molecule has 0 aromatic carbocycles. The second kappa shape index (κ2) is 6.54. The van der Waals surface area contributed by atoms with Crippen molar-refractivity contribution in [3.63, 3.8) is 0 Å². The minimum atomic E-state index is 0.353. The summed E-state index contributed by atoms with van der Waals surface area (Å²) in [5.74, 6) is 1.88. The van der Waals surface area contributed by atoms with Crippen molar-refractivity contribution in [2.75, 3.05) is 25.1 Å². The Balaban J connectivity index is 1.93. The van der Waals surface area contributed by atoms with Crippen LogP contribution in [-0.4, -0.2) is 35.8 Å². The van der Waals surface area contributed by atoms with Crippen molar-refractivity contribution in [1.29, 1.82) is 0 Å². The fourth-order valence-electron chi connectivity index (χ4n) is 2.18. The van der Waals surface area contributed by atoms with Crippen LogP contribution >= 0.6 is 0 Å². The number of nitrogens with zero attached hydrogens (tertiary/aromatic N) is 2. The van der Waals surface area contributed by atoms with E-state index in [0.29, 0.717) is 30.4 Å². The topological polar surface area (TPSA) is 56.3 Å². The molecule has 0 saturated carbocycles. The van der Waals surface area contributed by atoms with Gasteiger partial charge >= 0.3 is 0 Å². The van der Waals surface area contributed by atoms with E-state index in [0.717, 1.165) is 26.1 Å². The van der Waals surface area contributed by atoms with E-state index in [1.165, 1.54) is 0 Å². The Morgan fingerprint density at radius 1 is 1.50 bits per heavy atom. The highest BCUT2D eigenvalue weighted by Crippen LogP contribution is 2.21. The second-order valence-corrected chi connectivity index (χ2v) is 4.53. The first-order valence-corrected chi connectivity index (χ1v) is 6.59. The molecule has 5 heteroatoms. The van der Waals surface area contributed by atoms with Gasteiger partial charge in [-0.1, -0.05) is 0 Å². The van der Waals surface area contributed by atoms with Crippen LogP contribution in [0.1, 0.15) is 26.7 Å². The van der Waals surface area contributed by atoms with Crippen molar-refractivity contribution in [3.05, 3.63) is 12.3 Å². The lowest BCUT2D eigenvalue weighted by Crippen LogP contribution is -2.31. The second-order valence-electron chi connectivity index (χ2n) is 4.53. The third-order valence-corrected chi connectivity index (χ3v) is 3.25. The maximum atomic E-state index is 5.37. The van der Waals surface area contributed by atoms with Crippen molar-refractivity contribution in [1.82, 2.24) is 9.97 Å². The Bertz CT molecular complexity index is 367. The molecule has 5 nitrogen and oxygen atoms in total. The van der Waals surface area contributed by atoms with Crippen LogP contribution in [0.25, 0.3) is 0 Å². The van der Waals surface area contributed by atoms with Crippen LogP contribution in [0.2, 0.25) is 0 Å². The number of hydrogen-bond acceptors (Lipinski definition) is 5. The van der Waals surface area contributed by atoms with E-state index in [9.17, 15) is 0 Å². The maximum absolute atomic E-state index is 5.37. The average molecular weight is 251 g/mol. The molecule has 1 N–H and O–H groups in total. The molecule has 100 valence electrons. The number of hydrogen-bond donors (Lipinski definition) is 1. The van der Waals surface area contributed by atoms with Gasteiger partial charge < -0.3 is 14.8 Å². The summed E-state index contributed by atoms with van der Waals surface area (Å²) in [7, 11) is 0. The Morgan fingerprint density at radius 2 is 2.28 bits per heavy atom. The fourth-order valence-corrected chi connectivity index (χ4v) is 2.18. The molecule has 1 aliphatic rings. The zero-order valence-electron chi connectivity index (χ0n) is 11.1. The summed E-state index contributed by atoms with van der Waals surface area (Å²) in [6.07, 6.45) is 3.91. The van der Waals surface area contributed by atoms with Crippen molar-refractivity contribution in [3.8, 4) is 5.88 Å². The highest BCUT2D eigenvalue weighted by molar-refractivity contribution is 5.28. The lowest BCUT2D eigenvalue weighted by atomic mass is 9.93. The van der Waals surface area contributed by atoms with E-state index in [4.69, 9.17) is 9.47 Å². The number of aromatic nitrogens is 2. The SMILES string of the molecule is CCOc1ccnc(NC(C)C2CCOCC2)n1. The average Bonchev–Trinajstić information content (AvgIpc) is 2.40. The van der Waals surface area contributed by atoms with Crippen molar-refractivity contribution in [2.24, 2.45) is 5.92 Å². The molecule has 1 atom stereocenters. The molecule has 0 aliphatic carbocycles. The van der Waals surface area contributed by atoms with E-state index in [1.54, 1.807) is 12.3 Å². The minimum Gasteiger partial charge on any atom is -0.478 e. The van der Waals surface area contributed by atoms with Crippen molar-refractivity contribution < 1.29 is 9.47 Å². The standard InChI is InChI=1S/C13H21N3O2/c1-3-18-12-4-7-14-13(16-12)15-10(2)11-5-8-17-9-6-11/h4,7,10-11H,3,5-6,8-9H2,1-2H3,(H,14,15,16). The van der Waals surface area contributed by atoms with Crippen LogP contribution in [0, 0.1) is 5.92 Å². The molecule has 1 fully saturated rings. The molecule has 1 saturated heterocycles. The van der Waals surface area contributed by atoms with E-state index in [1.807, 2.05) is 6.92 Å². The normalized spacial score (nSPS) is 18.3. The van der Waals surface area contributed by atoms with Gasteiger partial charge in [0.1, 0.15) is 0 Å². The molecule has 2 rings (SSSR count). The predicted molar refractivity (Wildman–Crippen MR) is 69.8 cm³/mol. The zero-order valence-corrected chi connectivity index (χ0v) is 11.1. The van der Waals surface area contributed by atoms with Gasteiger partial charge in [-0.05, 0) is 32.6 Å². The molecule has 0 bridgehead atoms. The Morgan fingerprint density at radius 3 is 3.00 bits per heavy atom. The van der Waals surface area contributed by atoms with Gasteiger partial charge in [0.15, 0.2) is 0 Å². The van der Waals surface area contributed by atoms with Crippen LogP contribution in [-0.2, 0) is 4.74 Å². The summed E-state index contributed by atoms with van der Waals surface area (Å²) in [6, 6.07) is 2.12. The summed E-state index contributed by atoms with van der Waals surface area (Å²) in [4.78, 5) is 8.54. The predicted octanol–water partition coefficient (Wildman–Crippen LogP) is 2.10. The molecule has 1 unspecified atom stereocenters. The molecular weight excluding hydrogens is 230 g/mol. The van der Waals surface area contributed by atoms with Crippen molar-refractivity contribution in [2.45, 2.75) is 32.7 Å². The molecule has 2 heterocycles. The van der Waals surface area contributed by atoms with Gasteiger partial charge in [-0.25, -0.2) is 4.98 Å². The molecule has 18 heavy (non-hydrogen) atoms. The number of ether oxygens (including phenoxy) is 2. The molecule has 0 amide bonds. The highest BCUT2D eigenvalue weighted by Gasteiger charge is 2.20. The van der Waals surface area contributed by atoms with E-state index >= 15 is 0 Å². The van der Waals surface area contributed by atoms with Gasteiger partial charge in [-0.3, -0.25) is 0 Å². The van der Waals surface area contributed by atoms with Crippen LogP contribution in [0.4, 0.5) is 5.95 Å². The first-order chi connectivity index (χ1) is 8.79. The van der Waals surface area contributed by atoms with Crippen LogP contribution in [0.5, 0.6) is 5.88 Å². The van der Waals surface area contributed by atoms with E-state index in [-0.39, 0.29) is 0 Å². The van der Waals surface area contributed by atoms with Crippen LogP contribution in [0.15, 0.2) is 12.3 Å². The third kappa shape index (κ3) is 3.57. The lowest BCUT2D eigenvalue weighted by Gasteiger charge is -2.28. The van der Waals surface area contributed by atoms with Gasteiger partial charge in [0, 0.05) is 31.5 Å². The maximum Gasteiger partial charge on any atom is 0.226 e. The summed E-state index contributed by atoms with van der Waals surface area (Å²) < 4.78 is 10.7. The number of anilines is 1. The first-order valence-electron chi connectivity index (χ1n) is 6.59. The van der Waals surface area contributed by atoms with Gasteiger partial charge in [-0.15, -0.1) is 0 Å². The van der Waals surface area contributed by atoms with Gasteiger partial charge in [-0.2, -0.15) is 4.98 Å². The Kier molecular flexibility index (Phi) is 4.75. The summed E-state index contributed by atoms with van der Waals surface area (Å²) in [5.41, 5.74) is 0. The quantitative estimate of drug-likeness (QED) is 0.868. The fraction of sp³-hybridized carbons (Fsp3) is 0.692. The largest absolute Gasteiger partial charge is 0.478 e. The third-order valence-electron chi connectivity index (χ3n) is 3.25. The smallest absolute Gasteiger partial charge is 0.226 e. The van der Waals surface area contributed by atoms with Gasteiger partial charge in [0.25, 0.3) is 0 Å². The minimum absolute atomic E-state index is 0.353. The van der Waals surface area contributed by atoms with Crippen molar-refractivity contribution >= 4 is 5.95 Å². The van der Waals surface area contributed by atoms with E-state index in [2.05, 4.69) is 22.2 Å². The monoisotopic (exact) mass is 251 g/mol. The molecule has 0 spiro atoms. The summed E-state index contributed by atoms with van der Waals surface area (Å²) >= 11 is 0. The lowest BCUT2D eigenvalue weighted by molar-refractivity contribution is 0.0621. The van der Waals surface area contributed by atoms with Crippen LogP contribution in [0.3, 0.4) is 0 Å². The van der Waals surface area contributed by atoms with Gasteiger partial charge in [0.2, 0.25) is 11.8 Å². The zero-order chi connectivity index (χ0) is 12.8. The molecular formula is C13H21N3O2. The molecule has 1 aromatic rings. The highest BCUT2D eigenvalue weighted by atomic mass is 16.5. The molecule has 0 radical (unpaired) electrons. The molecule has 1 aliphatic heterocycles. The first kappa shape index (κ1) is 13.1. The van der Waals surface area contributed by atoms with Gasteiger partial charge in [0.05, 0.1) is 6.61 Å².